The van der Waals surface area contributed by atoms with Crippen LogP contribution < -0.4 is 0 Å². The zero-order chi connectivity index (χ0) is 16.5. The fourth-order valence-corrected chi connectivity index (χ4v) is 2.49. The Morgan fingerprint density at radius 3 is 2.83 bits per heavy atom. The third kappa shape index (κ3) is 2.93. The molecule has 6 nitrogen and oxygen atoms in total. The van der Waals surface area contributed by atoms with Gasteiger partial charge in [0.2, 0.25) is 5.89 Å². The third-order valence-corrected chi connectivity index (χ3v) is 3.53. The van der Waals surface area contributed by atoms with E-state index in [1.807, 2.05) is 0 Å². The molecule has 1 fully saturated rings. The molecule has 0 amide bonds. The van der Waals surface area contributed by atoms with Crippen LogP contribution in [0.15, 0.2) is 22.7 Å². The molecule has 3 heterocycles. The van der Waals surface area contributed by atoms with Gasteiger partial charge in [0.15, 0.2) is 11.3 Å². The summed E-state index contributed by atoms with van der Waals surface area (Å²) in [5, 5.41) is 7.61. The highest BCUT2D eigenvalue weighted by Crippen LogP contribution is 2.38. The Bertz CT molecular complexity index is 681. The lowest BCUT2D eigenvalue weighted by molar-refractivity contribution is -0.140. The minimum atomic E-state index is -4.61. The number of ether oxygens (including phenoxy) is 2. The molecular formula is C14H14F3N3O3. The summed E-state index contributed by atoms with van der Waals surface area (Å²) in [4.78, 5) is 3.38. The third-order valence-electron chi connectivity index (χ3n) is 3.53. The monoisotopic (exact) mass is 329 g/mol. The van der Waals surface area contributed by atoms with Gasteiger partial charge in [-0.2, -0.15) is 13.2 Å². The Balaban J connectivity index is 2.00. The van der Waals surface area contributed by atoms with Gasteiger partial charge in [-0.3, -0.25) is 4.98 Å². The molecule has 0 bridgehead atoms. The minimum absolute atomic E-state index is 0.115. The van der Waals surface area contributed by atoms with Gasteiger partial charge in [-0.25, -0.2) is 0 Å². The lowest BCUT2D eigenvalue weighted by Gasteiger charge is -2.22. The first-order chi connectivity index (χ1) is 11.0. The topological polar surface area (TPSA) is 70.3 Å². The van der Waals surface area contributed by atoms with Crippen LogP contribution in [0.3, 0.4) is 0 Å². The van der Waals surface area contributed by atoms with Crippen LogP contribution in [-0.2, 0) is 21.3 Å². The number of alkyl halides is 3. The molecular weight excluding hydrogens is 315 g/mol. The SMILES string of the molecule is CCOC1(c2nnc(-c3cccnc3C(F)(F)F)o2)CCOC1. The van der Waals surface area contributed by atoms with E-state index in [9.17, 15) is 13.2 Å². The van der Waals surface area contributed by atoms with Crippen molar-refractivity contribution in [3.63, 3.8) is 0 Å². The smallest absolute Gasteiger partial charge is 0.417 e. The van der Waals surface area contributed by atoms with Gasteiger partial charge in [0.05, 0.1) is 18.8 Å². The van der Waals surface area contributed by atoms with Gasteiger partial charge in [0.25, 0.3) is 5.89 Å². The molecule has 0 radical (unpaired) electrons. The molecule has 1 saturated heterocycles. The van der Waals surface area contributed by atoms with E-state index in [0.717, 1.165) is 6.20 Å². The van der Waals surface area contributed by atoms with Crippen LogP contribution in [0.25, 0.3) is 11.5 Å². The number of hydrogen-bond donors (Lipinski definition) is 0. The molecule has 0 aromatic carbocycles. The van der Waals surface area contributed by atoms with E-state index in [-0.39, 0.29) is 24.0 Å². The van der Waals surface area contributed by atoms with Crippen molar-refractivity contribution in [2.24, 2.45) is 0 Å². The second-order valence-corrected chi connectivity index (χ2v) is 5.04. The van der Waals surface area contributed by atoms with Crippen molar-refractivity contribution in [3.05, 3.63) is 29.9 Å². The zero-order valence-electron chi connectivity index (χ0n) is 12.3. The summed E-state index contributed by atoms with van der Waals surface area (Å²) in [7, 11) is 0. The van der Waals surface area contributed by atoms with E-state index >= 15 is 0 Å². The molecule has 0 aliphatic carbocycles. The van der Waals surface area contributed by atoms with Gasteiger partial charge in [-0.05, 0) is 19.1 Å². The van der Waals surface area contributed by atoms with Crippen LogP contribution in [0, 0.1) is 0 Å². The Morgan fingerprint density at radius 1 is 1.35 bits per heavy atom. The molecule has 124 valence electrons. The van der Waals surface area contributed by atoms with Gasteiger partial charge in [-0.15, -0.1) is 10.2 Å². The van der Waals surface area contributed by atoms with Crippen molar-refractivity contribution in [2.45, 2.75) is 25.1 Å². The van der Waals surface area contributed by atoms with Crippen LogP contribution in [0.5, 0.6) is 0 Å². The van der Waals surface area contributed by atoms with E-state index < -0.39 is 17.5 Å². The van der Waals surface area contributed by atoms with Gasteiger partial charge in [0, 0.05) is 19.2 Å². The highest BCUT2D eigenvalue weighted by molar-refractivity contribution is 5.56. The summed E-state index contributed by atoms with van der Waals surface area (Å²) < 4.78 is 55.6. The second kappa shape index (κ2) is 5.89. The predicted molar refractivity (Wildman–Crippen MR) is 71.3 cm³/mol. The zero-order valence-corrected chi connectivity index (χ0v) is 12.3. The van der Waals surface area contributed by atoms with Crippen molar-refractivity contribution < 1.29 is 27.1 Å². The normalized spacial score (nSPS) is 21.7. The maximum absolute atomic E-state index is 13.0. The van der Waals surface area contributed by atoms with Gasteiger partial charge in [0.1, 0.15) is 0 Å². The average Bonchev–Trinajstić information content (AvgIpc) is 3.16. The summed E-state index contributed by atoms with van der Waals surface area (Å²) in [6.45, 7) is 2.88. The number of pyridine rings is 1. The first kappa shape index (κ1) is 15.9. The molecule has 1 unspecified atom stereocenters. The van der Waals surface area contributed by atoms with Gasteiger partial charge >= 0.3 is 6.18 Å². The predicted octanol–water partition coefficient (Wildman–Crippen LogP) is 2.80. The molecule has 1 atom stereocenters. The van der Waals surface area contributed by atoms with E-state index in [2.05, 4.69) is 15.2 Å². The summed E-state index contributed by atoms with van der Waals surface area (Å²) >= 11 is 0. The lowest BCUT2D eigenvalue weighted by Crippen LogP contribution is -2.30. The van der Waals surface area contributed by atoms with Crippen molar-refractivity contribution >= 4 is 0 Å². The Labute approximate surface area is 129 Å². The first-order valence-corrected chi connectivity index (χ1v) is 7.04. The average molecular weight is 329 g/mol. The van der Waals surface area contributed by atoms with E-state index in [4.69, 9.17) is 13.9 Å². The highest BCUT2D eigenvalue weighted by Gasteiger charge is 2.43. The first-order valence-electron chi connectivity index (χ1n) is 7.04. The summed E-state index contributed by atoms with van der Waals surface area (Å²) in [5.74, 6) is -0.129. The molecule has 1 aliphatic heterocycles. The van der Waals surface area contributed by atoms with Crippen LogP contribution >= 0.6 is 0 Å². The highest BCUT2D eigenvalue weighted by atomic mass is 19.4. The number of hydrogen-bond acceptors (Lipinski definition) is 6. The summed E-state index contributed by atoms with van der Waals surface area (Å²) in [6.07, 6.45) is -3.04. The van der Waals surface area contributed by atoms with Gasteiger partial charge in [-0.1, -0.05) is 0 Å². The van der Waals surface area contributed by atoms with Crippen molar-refractivity contribution in [1.82, 2.24) is 15.2 Å². The van der Waals surface area contributed by atoms with Crippen LogP contribution in [0.4, 0.5) is 13.2 Å². The lowest BCUT2D eigenvalue weighted by atomic mass is 10.0. The van der Waals surface area contributed by atoms with Gasteiger partial charge < -0.3 is 13.9 Å². The fourth-order valence-electron chi connectivity index (χ4n) is 2.49. The van der Waals surface area contributed by atoms with E-state index in [1.54, 1.807) is 6.92 Å². The van der Waals surface area contributed by atoms with Crippen molar-refractivity contribution in [3.8, 4) is 11.5 Å². The molecule has 2 aromatic heterocycles. The quantitative estimate of drug-likeness (QED) is 0.859. The Kier molecular flexibility index (Phi) is 4.07. The molecule has 1 aliphatic rings. The van der Waals surface area contributed by atoms with E-state index in [1.165, 1.54) is 12.1 Å². The van der Waals surface area contributed by atoms with Crippen LogP contribution in [0.2, 0.25) is 0 Å². The number of halogens is 3. The summed E-state index contributed by atoms with van der Waals surface area (Å²) in [6, 6.07) is 2.62. The molecule has 23 heavy (non-hydrogen) atoms. The fraction of sp³-hybridized carbons (Fsp3) is 0.500. The number of nitrogens with zero attached hydrogens (tertiary/aromatic N) is 3. The maximum Gasteiger partial charge on any atom is 0.434 e. The molecule has 2 aromatic rings. The largest absolute Gasteiger partial charge is 0.434 e. The van der Waals surface area contributed by atoms with Crippen LogP contribution in [0.1, 0.15) is 24.9 Å². The molecule has 3 rings (SSSR count). The number of rotatable bonds is 4. The Hall–Kier alpha value is -2.00. The number of aromatic nitrogens is 3. The summed E-state index contributed by atoms with van der Waals surface area (Å²) in [5.41, 5.74) is -2.23. The Morgan fingerprint density at radius 2 is 2.17 bits per heavy atom. The molecule has 0 N–H and O–H groups in total. The second-order valence-electron chi connectivity index (χ2n) is 5.04. The standard InChI is InChI=1S/C14H14F3N3O3/c1-2-22-13(5-7-21-8-13)12-20-19-11(23-12)9-4-3-6-18-10(9)14(15,16)17/h3-4,6H,2,5,7-8H2,1H3. The molecule has 0 saturated carbocycles. The maximum atomic E-state index is 13.0. The minimum Gasteiger partial charge on any atom is -0.417 e. The van der Waals surface area contributed by atoms with Crippen molar-refractivity contribution in [1.29, 1.82) is 0 Å². The van der Waals surface area contributed by atoms with Crippen LogP contribution in [-0.4, -0.2) is 35.0 Å². The van der Waals surface area contributed by atoms with Crippen molar-refractivity contribution in [2.75, 3.05) is 19.8 Å². The van der Waals surface area contributed by atoms with E-state index in [0.29, 0.717) is 19.6 Å². The molecule has 9 heteroatoms. The molecule has 0 spiro atoms.